The Balaban J connectivity index is 1.98. The number of hydrogen-bond acceptors (Lipinski definition) is 1. The molecular formula is C7H13O. The topological polar surface area (TPSA) is 9.23 Å². The van der Waals surface area contributed by atoms with E-state index in [1.807, 2.05) is 0 Å². The first kappa shape index (κ1) is 6.09. The van der Waals surface area contributed by atoms with Crippen LogP contribution in [0, 0.1) is 6.92 Å². The monoisotopic (exact) mass is 113 g/mol. The maximum Gasteiger partial charge on any atom is 0.0580 e. The molecular weight excluding hydrogens is 100 g/mol. The van der Waals surface area contributed by atoms with E-state index in [0.29, 0.717) is 6.10 Å². The van der Waals surface area contributed by atoms with Crippen molar-refractivity contribution in [1.29, 1.82) is 0 Å². The Kier molecular flexibility index (Phi) is 1.90. The second kappa shape index (κ2) is 2.49. The van der Waals surface area contributed by atoms with Crippen molar-refractivity contribution < 1.29 is 4.74 Å². The predicted octanol–water partition coefficient (Wildman–Crippen LogP) is 1.78. The zero-order chi connectivity index (χ0) is 5.98. The van der Waals surface area contributed by atoms with Gasteiger partial charge in [0, 0.05) is 0 Å². The highest BCUT2D eigenvalue weighted by molar-refractivity contribution is 4.75. The smallest absolute Gasteiger partial charge is 0.0580 e. The summed E-state index contributed by atoms with van der Waals surface area (Å²) in [5.41, 5.74) is 0. The van der Waals surface area contributed by atoms with E-state index < -0.39 is 0 Å². The first-order valence-corrected chi connectivity index (χ1v) is 3.31. The van der Waals surface area contributed by atoms with Crippen LogP contribution in [0.3, 0.4) is 0 Å². The Hall–Kier alpha value is -0.0400. The summed E-state index contributed by atoms with van der Waals surface area (Å²) < 4.78 is 5.40. The molecule has 0 aliphatic heterocycles. The molecule has 0 amide bonds. The van der Waals surface area contributed by atoms with Gasteiger partial charge < -0.3 is 4.74 Å². The van der Waals surface area contributed by atoms with Crippen LogP contribution in [-0.4, -0.2) is 12.2 Å². The van der Waals surface area contributed by atoms with Gasteiger partial charge in [-0.25, -0.2) is 0 Å². The van der Waals surface area contributed by atoms with E-state index in [-0.39, 0.29) is 6.10 Å². The van der Waals surface area contributed by atoms with Gasteiger partial charge in [-0.1, -0.05) is 6.92 Å². The van der Waals surface area contributed by atoms with Crippen LogP contribution in [-0.2, 0) is 4.74 Å². The van der Waals surface area contributed by atoms with Gasteiger partial charge in [0.1, 0.15) is 0 Å². The highest BCUT2D eigenvalue weighted by Crippen LogP contribution is 2.25. The molecule has 47 valence electrons. The molecule has 1 fully saturated rings. The van der Waals surface area contributed by atoms with Crippen LogP contribution in [0.4, 0.5) is 0 Å². The third kappa shape index (κ3) is 1.83. The quantitative estimate of drug-likeness (QED) is 0.542. The molecule has 8 heavy (non-hydrogen) atoms. The highest BCUT2D eigenvalue weighted by Gasteiger charge is 2.23. The minimum atomic E-state index is 0.238. The van der Waals surface area contributed by atoms with Crippen LogP contribution in [0.1, 0.15) is 26.2 Å². The maximum absolute atomic E-state index is 5.40. The largest absolute Gasteiger partial charge is 0.375 e. The van der Waals surface area contributed by atoms with Gasteiger partial charge in [0.2, 0.25) is 0 Å². The first-order valence-electron chi connectivity index (χ1n) is 3.31. The molecule has 1 saturated carbocycles. The molecule has 1 aliphatic rings. The van der Waals surface area contributed by atoms with E-state index >= 15 is 0 Å². The standard InChI is InChI=1S/C7H13O/c1-3-6(2)8-7-4-5-7/h6-7H,2-5H2,1H3. The van der Waals surface area contributed by atoms with E-state index in [4.69, 9.17) is 4.74 Å². The lowest BCUT2D eigenvalue weighted by atomic mass is 10.3. The summed E-state index contributed by atoms with van der Waals surface area (Å²) in [4.78, 5) is 0. The first-order chi connectivity index (χ1) is 3.83. The molecule has 0 saturated heterocycles. The van der Waals surface area contributed by atoms with Crippen molar-refractivity contribution in [3.8, 4) is 0 Å². The third-order valence-corrected chi connectivity index (χ3v) is 1.36. The Labute approximate surface area is 51.0 Å². The lowest BCUT2D eigenvalue weighted by molar-refractivity contribution is 0.0671. The van der Waals surface area contributed by atoms with E-state index in [9.17, 15) is 0 Å². The third-order valence-electron chi connectivity index (χ3n) is 1.36. The molecule has 1 aliphatic carbocycles. The van der Waals surface area contributed by atoms with Gasteiger partial charge >= 0.3 is 0 Å². The molecule has 0 N–H and O–H groups in total. The highest BCUT2D eigenvalue weighted by atomic mass is 16.5. The molecule has 1 radical (unpaired) electrons. The van der Waals surface area contributed by atoms with Gasteiger partial charge in [-0.15, -0.1) is 0 Å². The van der Waals surface area contributed by atoms with Crippen molar-refractivity contribution in [3.63, 3.8) is 0 Å². The Morgan fingerprint density at radius 1 is 1.75 bits per heavy atom. The van der Waals surface area contributed by atoms with Crippen LogP contribution in [0.15, 0.2) is 0 Å². The van der Waals surface area contributed by atoms with Crippen LogP contribution < -0.4 is 0 Å². The summed E-state index contributed by atoms with van der Waals surface area (Å²) in [6.45, 7) is 5.91. The van der Waals surface area contributed by atoms with Crippen molar-refractivity contribution in [1.82, 2.24) is 0 Å². The summed E-state index contributed by atoms with van der Waals surface area (Å²) in [5.74, 6) is 0. The number of hydrogen-bond donors (Lipinski definition) is 0. The maximum atomic E-state index is 5.40. The summed E-state index contributed by atoms with van der Waals surface area (Å²) in [5, 5.41) is 0. The zero-order valence-corrected chi connectivity index (χ0v) is 5.39. The van der Waals surface area contributed by atoms with Gasteiger partial charge in [0.15, 0.2) is 0 Å². The van der Waals surface area contributed by atoms with Crippen LogP contribution in [0.25, 0.3) is 0 Å². The zero-order valence-electron chi connectivity index (χ0n) is 5.39. The Morgan fingerprint density at radius 3 is 2.75 bits per heavy atom. The average molecular weight is 113 g/mol. The van der Waals surface area contributed by atoms with Crippen molar-refractivity contribution in [2.24, 2.45) is 0 Å². The van der Waals surface area contributed by atoms with Gasteiger partial charge in [-0.2, -0.15) is 0 Å². The Morgan fingerprint density at radius 2 is 2.38 bits per heavy atom. The minimum Gasteiger partial charge on any atom is -0.375 e. The lowest BCUT2D eigenvalue weighted by Crippen LogP contribution is -2.07. The molecule has 1 atom stereocenters. The van der Waals surface area contributed by atoms with E-state index in [2.05, 4.69) is 13.8 Å². The second-order valence-electron chi connectivity index (χ2n) is 2.37. The lowest BCUT2D eigenvalue weighted by Gasteiger charge is -2.07. The number of ether oxygens (including phenoxy) is 1. The summed E-state index contributed by atoms with van der Waals surface area (Å²) in [6.07, 6.45) is 4.36. The van der Waals surface area contributed by atoms with E-state index in [1.165, 1.54) is 12.8 Å². The van der Waals surface area contributed by atoms with Gasteiger partial charge in [0.25, 0.3) is 0 Å². The van der Waals surface area contributed by atoms with E-state index in [1.54, 1.807) is 0 Å². The van der Waals surface area contributed by atoms with Crippen molar-refractivity contribution in [2.45, 2.75) is 38.4 Å². The summed E-state index contributed by atoms with van der Waals surface area (Å²) in [7, 11) is 0. The van der Waals surface area contributed by atoms with Crippen molar-refractivity contribution >= 4 is 0 Å². The summed E-state index contributed by atoms with van der Waals surface area (Å²) in [6, 6.07) is 0. The normalized spacial score (nSPS) is 23.2. The fourth-order valence-corrected chi connectivity index (χ4v) is 0.573. The SMILES string of the molecule is [CH2]C(CC)OC1CC1. The molecule has 0 bridgehead atoms. The van der Waals surface area contributed by atoms with Gasteiger partial charge in [0.05, 0.1) is 12.2 Å². The predicted molar refractivity (Wildman–Crippen MR) is 33.5 cm³/mol. The van der Waals surface area contributed by atoms with Crippen LogP contribution in [0.5, 0.6) is 0 Å². The van der Waals surface area contributed by atoms with Crippen LogP contribution in [0.2, 0.25) is 0 Å². The van der Waals surface area contributed by atoms with E-state index in [0.717, 1.165) is 6.42 Å². The van der Waals surface area contributed by atoms with Crippen molar-refractivity contribution in [2.75, 3.05) is 0 Å². The van der Waals surface area contributed by atoms with Gasteiger partial charge in [-0.3, -0.25) is 0 Å². The molecule has 1 unspecified atom stereocenters. The van der Waals surface area contributed by atoms with Crippen molar-refractivity contribution in [3.05, 3.63) is 6.92 Å². The molecule has 0 aromatic carbocycles. The fraction of sp³-hybridized carbons (Fsp3) is 0.857. The molecule has 1 heteroatoms. The molecule has 0 aromatic heterocycles. The van der Waals surface area contributed by atoms with Gasteiger partial charge in [-0.05, 0) is 26.2 Å². The molecule has 0 spiro atoms. The second-order valence-corrected chi connectivity index (χ2v) is 2.37. The fourth-order valence-electron chi connectivity index (χ4n) is 0.573. The summed E-state index contributed by atoms with van der Waals surface area (Å²) >= 11 is 0. The van der Waals surface area contributed by atoms with Crippen LogP contribution >= 0.6 is 0 Å². The number of rotatable bonds is 3. The molecule has 0 heterocycles. The Bertz CT molecular complexity index is 66.8. The average Bonchev–Trinajstić information content (AvgIpc) is 2.50. The minimum absolute atomic E-state index is 0.238. The molecule has 1 nitrogen and oxygen atoms in total. The molecule has 0 aromatic rings. The molecule has 1 rings (SSSR count).